The van der Waals surface area contributed by atoms with Crippen LogP contribution in [-0.4, -0.2) is 35.6 Å². The largest absolute Gasteiger partial charge is 0.478 e. The summed E-state index contributed by atoms with van der Waals surface area (Å²) >= 11 is 0. The van der Waals surface area contributed by atoms with Crippen molar-refractivity contribution in [2.24, 2.45) is 0 Å². The second-order valence-corrected chi connectivity index (χ2v) is 7.83. The number of nitrogens with zero attached hydrogens (tertiary/aromatic N) is 1. The minimum absolute atomic E-state index is 0.234. The summed E-state index contributed by atoms with van der Waals surface area (Å²) in [5.74, 6) is -0.998. The molecule has 5 nitrogen and oxygen atoms in total. The number of hydrogen-bond acceptors (Lipinski definition) is 3. The molecule has 0 amide bonds. The second kappa shape index (κ2) is 5.18. The Kier molecular flexibility index (Phi) is 3.84. The van der Waals surface area contributed by atoms with Crippen LogP contribution in [0.25, 0.3) is 10.9 Å². The van der Waals surface area contributed by atoms with E-state index in [-0.39, 0.29) is 11.6 Å². The van der Waals surface area contributed by atoms with Crippen molar-refractivity contribution in [3.05, 3.63) is 35.5 Å². The van der Waals surface area contributed by atoms with Crippen LogP contribution >= 0.6 is 0 Å². The van der Waals surface area contributed by atoms with Crippen LogP contribution in [0.5, 0.6) is 0 Å². The van der Waals surface area contributed by atoms with E-state index in [9.17, 15) is 18.3 Å². The zero-order valence-corrected chi connectivity index (χ0v) is 13.3. The first-order valence-electron chi connectivity index (χ1n) is 6.68. The highest BCUT2D eigenvalue weighted by Crippen LogP contribution is 2.31. The first-order valence-corrected chi connectivity index (χ1v) is 8.63. The van der Waals surface area contributed by atoms with Crippen molar-refractivity contribution in [1.82, 2.24) is 4.57 Å². The van der Waals surface area contributed by atoms with E-state index >= 15 is 0 Å². The number of aromatic carboxylic acids is 1. The number of carbonyl (C=O) groups is 1. The second-order valence-electron chi connectivity index (χ2n) is 5.43. The number of rotatable bonds is 4. The van der Waals surface area contributed by atoms with E-state index in [0.717, 1.165) is 5.52 Å². The number of aromatic nitrogens is 1. The molecule has 2 rings (SSSR count). The lowest BCUT2D eigenvalue weighted by atomic mass is 10.1. The van der Waals surface area contributed by atoms with Crippen LogP contribution < -0.4 is 0 Å². The van der Waals surface area contributed by atoms with Gasteiger partial charge < -0.3 is 9.67 Å². The molecule has 114 valence electrons. The molecule has 1 aromatic carbocycles. The number of para-hydroxylation sites is 1. The molecule has 0 radical (unpaired) electrons. The fraction of sp³-hybridized carbons (Fsp3) is 0.400. The predicted molar refractivity (Wildman–Crippen MR) is 82.7 cm³/mol. The minimum Gasteiger partial charge on any atom is -0.478 e. The van der Waals surface area contributed by atoms with Crippen LogP contribution in [0, 0.1) is 6.92 Å². The summed E-state index contributed by atoms with van der Waals surface area (Å²) in [5.41, 5.74) is 1.56. The van der Waals surface area contributed by atoms with Crippen LogP contribution in [-0.2, 0) is 9.84 Å². The summed E-state index contributed by atoms with van der Waals surface area (Å²) in [6, 6.07) is 6.82. The number of sulfone groups is 1. The SMILES string of the molecule is Cc1c(C(=O)O)c2ccccc2n1C(C)C(C)S(C)(=O)=O. The highest BCUT2D eigenvalue weighted by Gasteiger charge is 2.28. The average molecular weight is 309 g/mol. The maximum atomic E-state index is 11.8. The number of benzene rings is 1. The summed E-state index contributed by atoms with van der Waals surface area (Å²) in [5, 5.41) is 9.46. The fourth-order valence-electron chi connectivity index (χ4n) is 2.75. The number of carboxylic acid groups (broad SMARTS) is 1. The predicted octanol–water partition coefficient (Wildman–Crippen LogP) is 2.64. The first kappa shape index (κ1) is 15.6. The summed E-state index contributed by atoms with van der Waals surface area (Å²) < 4.78 is 25.4. The van der Waals surface area contributed by atoms with Gasteiger partial charge in [0, 0.05) is 28.9 Å². The van der Waals surface area contributed by atoms with Gasteiger partial charge in [-0.1, -0.05) is 18.2 Å². The highest BCUT2D eigenvalue weighted by molar-refractivity contribution is 7.91. The Balaban J connectivity index is 2.76. The van der Waals surface area contributed by atoms with Gasteiger partial charge in [-0.15, -0.1) is 0 Å². The molecule has 0 saturated heterocycles. The van der Waals surface area contributed by atoms with E-state index in [1.54, 1.807) is 32.9 Å². The third-order valence-electron chi connectivity index (χ3n) is 4.13. The van der Waals surface area contributed by atoms with E-state index in [4.69, 9.17) is 0 Å². The molecule has 0 spiro atoms. The molecule has 0 fully saturated rings. The van der Waals surface area contributed by atoms with Crippen LogP contribution in [0.1, 0.15) is 35.9 Å². The summed E-state index contributed by atoms with van der Waals surface area (Å²) in [4.78, 5) is 11.5. The summed E-state index contributed by atoms with van der Waals surface area (Å²) in [7, 11) is -3.21. The Labute approximate surface area is 124 Å². The lowest BCUT2D eigenvalue weighted by molar-refractivity contribution is 0.0698. The van der Waals surface area contributed by atoms with Gasteiger partial charge in [0.1, 0.15) is 0 Å². The van der Waals surface area contributed by atoms with Crippen molar-refractivity contribution < 1.29 is 18.3 Å². The smallest absolute Gasteiger partial charge is 0.338 e. The number of carboxylic acids is 1. The van der Waals surface area contributed by atoms with Crippen molar-refractivity contribution in [3.8, 4) is 0 Å². The van der Waals surface area contributed by atoms with Gasteiger partial charge in [0.15, 0.2) is 9.84 Å². The molecular formula is C15H19NO4S. The molecule has 2 atom stereocenters. The Hall–Kier alpha value is -1.82. The van der Waals surface area contributed by atoms with Crippen molar-refractivity contribution in [2.75, 3.05) is 6.26 Å². The van der Waals surface area contributed by atoms with E-state index in [2.05, 4.69) is 0 Å². The van der Waals surface area contributed by atoms with Crippen LogP contribution in [0.4, 0.5) is 0 Å². The van der Waals surface area contributed by atoms with E-state index in [1.807, 2.05) is 16.7 Å². The molecule has 1 aromatic heterocycles. The highest BCUT2D eigenvalue weighted by atomic mass is 32.2. The van der Waals surface area contributed by atoms with Gasteiger partial charge in [-0.2, -0.15) is 0 Å². The molecule has 0 aliphatic carbocycles. The van der Waals surface area contributed by atoms with E-state index in [0.29, 0.717) is 11.1 Å². The lowest BCUT2D eigenvalue weighted by Crippen LogP contribution is -2.27. The molecule has 2 aromatic rings. The van der Waals surface area contributed by atoms with Crippen molar-refractivity contribution in [1.29, 1.82) is 0 Å². The summed E-state index contributed by atoms with van der Waals surface area (Å²) in [6.45, 7) is 5.17. The number of fused-ring (bicyclic) bond motifs is 1. The van der Waals surface area contributed by atoms with Crippen LogP contribution in [0.2, 0.25) is 0 Å². The Morgan fingerprint density at radius 1 is 1.24 bits per heavy atom. The van der Waals surface area contributed by atoms with Crippen molar-refractivity contribution in [3.63, 3.8) is 0 Å². The number of hydrogen-bond donors (Lipinski definition) is 1. The third-order valence-corrected chi connectivity index (χ3v) is 5.88. The zero-order valence-electron chi connectivity index (χ0n) is 12.5. The van der Waals surface area contributed by atoms with Gasteiger partial charge in [0.2, 0.25) is 0 Å². The van der Waals surface area contributed by atoms with Gasteiger partial charge in [-0.25, -0.2) is 13.2 Å². The third kappa shape index (κ3) is 2.55. The van der Waals surface area contributed by atoms with E-state index < -0.39 is 21.1 Å². The maximum Gasteiger partial charge on any atom is 0.338 e. The first-order chi connectivity index (χ1) is 9.66. The molecule has 0 aliphatic rings. The molecule has 1 N–H and O–H groups in total. The molecule has 0 bridgehead atoms. The Morgan fingerprint density at radius 3 is 2.33 bits per heavy atom. The van der Waals surface area contributed by atoms with Crippen LogP contribution in [0.15, 0.2) is 24.3 Å². The Bertz CT molecular complexity index is 804. The van der Waals surface area contributed by atoms with Gasteiger partial charge >= 0.3 is 5.97 Å². The molecule has 6 heteroatoms. The zero-order chi connectivity index (χ0) is 15.9. The molecular weight excluding hydrogens is 290 g/mol. The van der Waals surface area contributed by atoms with Crippen LogP contribution in [0.3, 0.4) is 0 Å². The fourth-order valence-corrected chi connectivity index (χ4v) is 3.59. The summed E-state index contributed by atoms with van der Waals surface area (Å²) in [6.07, 6.45) is 1.20. The van der Waals surface area contributed by atoms with Crippen molar-refractivity contribution >= 4 is 26.7 Å². The van der Waals surface area contributed by atoms with Gasteiger partial charge in [0.05, 0.1) is 10.8 Å². The normalized spacial score (nSPS) is 15.0. The molecule has 2 unspecified atom stereocenters. The van der Waals surface area contributed by atoms with Crippen molar-refractivity contribution in [2.45, 2.75) is 32.1 Å². The van der Waals surface area contributed by atoms with E-state index in [1.165, 1.54) is 6.26 Å². The monoisotopic (exact) mass is 309 g/mol. The maximum absolute atomic E-state index is 11.8. The lowest BCUT2D eigenvalue weighted by Gasteiger charge is -2.23. The quantitative estimate of drug-likeness (QED) is 0.942. The molecule has 21 heavy (non-hydrogen) atoms. The average Bonchev–Trinajstić information content (AvgIpc) is 2.68. The molecule has 0 aliphatic heterocycles. The van der Waals surface area contributed by atoms with Gasteiger partial charge in [-0.3, -0.25) is 0 Å². The standard InChI is InChI=1S/C15H19NO4S/c1-9(11(3)21(4,19)20)16-10(2)14(15(17)18)12-7-5-6-8-13(12)16/h5-9,11H,1-4H3,(H,17,18). The minimum atomic E-state index is -3.21. The topological polar surface area (TPSA) is 76.4 Å². The molecule has 0 saturated carbocycles. The van der Waals surface area contributed by atoms with Gasteiger partial charge in [-0.05, 0) is 26.8 Å². The van der Waals surface area contributed by atoms with Gasteiger partial charge in [0.25, 0.3) is 0 Å². The Morgan fingerprint density at radius 2 is 1.81 bits per heavy atom. The molecule has 1 heterocycles.